The van der Waals surface area contributed by atoms with Crippen LogP contribution in [0.3, 0.4) is 0 Å². The van der Waals surface area contributed by atoms with Crippen molar-refractivity contribution in [3.05, 3.63) is 46.7 Å². The first-order chi connectivity index (χ1) is 9.04. The fourth-order valence-corrected chi connectivity index (χ4v) is 1.75. The van der Waals surface area contributed by atoms with Crippen LogP contribution in [0.5, 0.6) is 0 Å². The second kappa shape index (κ2) is 5.89. The van der Waals surface area contributed by atoms with E-state index in [0.717, 1.165) is 22.2 Å². The van der Waals surface area contributed by atoms with Gasteiger partial charge in [0.25, 0.3) is 0 Å². The number of halogens is 1. The van der Waals surface area contributed by atoms with Crippen molar-refractivity contribution in [3.8, 4) is 0 Å². The lowest BCUT2D eigenvalue weighted by atomic mass is 10.2. The summed E-state index contributed by atoms with van der Waals surface area (Å²) in [6, 6.07) is 9.42. The van der Waals surface area contributed by atoms with Crippen LogP contribution in [0, 0.1) is 0 Å². The molecule has 4 nitrogen and oxygen atoms in total. The quantitative estimate of drug-likeness (QED) is 0.898. The third-order valence-corrected chi connectivity index (χ3v) is 2.92. The van der Waals surface area contributed by atoms with Crippen molar-refractivity contribution >= 4 is 23.2 Å². The number of benzene rings is 1. The number of nitrogens with zero attached hydrogens (tertiary/aromatic N) is 2. The first-order valence-electron chi connectivity index (χ1n) is 6.17. The third-order valence-electron chi connectivity index (χ3n) is 2.67. The van der Waals surface area contributed by atoms with Gasteiger partial charge in [0.15, 0.2) is 0 Å². The fourth-order valence-electron chi connectivity index (χ4n) is 1.63. The van der Waals surface area contributed by atoms with Crippen molar-refractivity contribution in [3.63, 3.8) is 0 Å². The highest BCUT2D eigenvalue weighted by molar-refractivity contribution is 6.30. The molecule has 0 saturated heterocycles. The minimum absolute atomic E-state index is 0.250. The first kappa shape index (κ1) is 13.6. The van der Waals surface area contributed by atoms with Crippen LogP contribution in [0.25, 0.3) is 0 Å². The molecule has 0 radical (unpaired) electrons. The topological polar surface area (TPSA) is 63.8 Å². The molecule has 1 aromatic heterocycles. The van der Waals surface area contributed by atoms with E-state index in [2.05, 4.69) is 15.3 Å². The standard InChI is InChI=1S/C14H17ClN4/c1-9(2)14-18-12(16)7-13(19-14)17-8-10-3-5-11(15)6-4-10/h3-7,9H,8H2,1-2H3,(H3,16,17,18,19). The Labute approximate surface area is 118 Å². The van der Waals surface area contributed by atoms with Gasteiger partial charge in [-0.25, -0.2) is 9.97 Å². The van der Waals surface area contributed by atoms with E-state index >= 15 is 0 Å². The van der Waals surface area contributed by atoms with Crippen molar-refractivity contribution in [2.75, 3.05) is 11.1 Å². The van der Waals surface area contributed by atoms with Crippen LogP contribution in [0.1, 0.15) is 31.2 Å². The van der Waals surface area contributed by atoms with Gasteiger partial charge in [-0.2, -0.15) is 0 Å². The summed E-state index contributed by atoms with van der Waals surface area (Å²) in [7, 11) is 0. The summed E-state index contributed by atoms with van der Waals surface area (Å²) in [4.78, 5) is 8.65. The number of nitrogens with one attached hydrogen (secondary N) is 1. The summed E-state index contributed by atoms with van der Waals surface area (Å²) in [5.41, 5.74) is 6.91. The maximum absolute atomic E-state index is 5.85. The molecule has 0 atom stereocenters. The van der Waals surface area contributed by atoms with Crippen LogP contribution in [0.15, 0.2) is 30.3 Å². The lowest BCUT2D eigenvalue weighted by Crippen LogP contribution is -2.07. The largest absolute Gasteiger partial charge is 0.384 e. The Hall–Kier alpha value is -1.81. The lowest BCUT2D eigenvalue weighted by Gasteiger charge is -2.10. The summed E-state index contributed by atoms with van der Waals surface area (Å²) in [5, 5.41) is 3.98. The zero-order valence-electron chi connectivity index (χ0n) is 11.0. The number of nitrogen functional groups attached to an aromatic ring is 1. The highest BCUT2D eigenvalue weighted by atomic mass is 35.5. The minimum atomic E-state index is 0.250. The number of hydrogen-bond donors (Lipinski definition) is 2. The normalized spacial score (nSPS) is 10.7. The molecule has 0 aliphatic rings. The van der Waals surface area contributed by atoms with E-state index in [-0.39, 0.29) is 5.92 Å². The molecule has 1 aromatic carbocycles. The molecule has 5 heteroatoms. The van der Waals surface area contributed by atoms with Crippen LogP contribution in [0.2, 0.25) is 5.02 Å². The number of aromatic nitrogens is 2. The Morgan fingerprint density at radius 2 is 1.89 bits per heavy atom. The number of rotatable bonds is 4. The molecule has 2 rings (SSSR count). The molecule has 0 fully saturated rings. The first-order valence-corrected chi connectivity index (χ1v) is 6.55. The zero-order valence-corrected chi connectivity index (χ0v) is 11.8. The number of nitrogens with two attached hydrogens (primary N) is 1. The average Bonchev–Trinajstić information content (AvgIpc) is 2.37. The van der Waals surface area contributed by atoms with Gasteiger partial charge < -0.3 is 11.1 Å². The molecule has 19 heavy (non-hydrogen) atoms. The number of anilines is 2. The van der Waals surface area contributed by atoms with Crippen molar-refractivity contribution in [2.24, 2.45) is 0 Å². The second-order valence-electron chi connectivity index (χ2n) is 4.67. The van der Waals surface area contributed by atoms with Crippen molar-refractivity contribution in [2.45, 2.75) is 26.3 Å². The van der Waals surface area contributed by atoms with Gasteiger partial charge in [-0.05, 0) is 17.7 Å². The summed E-state index contributed by atoms with van der Waals surface area (Å²) in [5.74, 6) is 2.22. The smallest absolute Gasteiger partial charge is 0.135 e. The fraction of sp³-hybridized carbons (Fsp3) is 0.286. The van der Waals surface area contributed by atoms with E-state index in [9.17, 15) is 0 Å². The molecule has 0 unspecified atom stereocenters. The molecule has 1 heterocycles. The van der Waals surface area contributed by atoms with Crippen molar-refractivity contribution in [1.82, 2.24) is 9.97 Å². The van der Waals surface area contributed by atoms with Crippen molar-refractivity contribution in [1.29, 1.82) is 0 Å². The minimum Gasteiger partial charge on any atom is -0.384 e. The molecule has 3 N–H and O–H groups in total. The SMILES string of the molecule is CC(C)c1nc(N)cc(NCc2ccc(Cl)cc2)n1. The average molecular weight is 277 g/mol. The molecule has 0 saturated carbocycles. The Kier molecular flexibility index (Phi) is 4.22. The molecular formula is C14H17ClN4. The summed E-state index contributed by atoms with van der Waals surface area (Å²) in [6.45, 7) is 4.75. The van der Waals surface area contributed by atoms with Crippen LogP contribution in [-0.2, 0) is 6.54 Å². The van der Waals surface area contributed by atoms with E-state index in [1.165, 1.54) is 0 Å². The van der Waals surface area contributed by atoms with Gasteiger partial charge in [0.2, 0.25) is 0 Å². The summed E-state index contributed by atoms with van der Waals surface area (Å²) >= 11 is 5.85. The van der Waals surface area contributed by atoms with Crippen LogP contribution in [-0.4, -0.2) is 9.97 Å². The monoisotopic (exact) mass is 276 g/mol. The Morgan fingerprint density at radius 1 is 1.21 bits per heavy atom. The van der Waals surface area contributed by atoms with E-state index in [1.807, 2.05) is 38.1 Å². The molecule has 0 bridgehead atoms. The molecular weight excluding hydrogens is 260 g/mol. The molecule has 2 aromatic rings. The van der Waals surface area contributed by atoms with E-state index in [1.54, 1.807) is 6.07 Å². The van der Waals surface area contributed by atoms with Crippen LogP contribution < -0.4 is 11.1 Å². The lowest BCUT2D eigenvalue weighted by molar-refractivity contribution is 0.777. The van der Waals surface area contributed by atoms with Gasteiger partial charge in [-0.1, -0.05) is 37.6 Å². The van der Waals surface area contributed by atoms with Crippen molar-refractivity contribution < 1.29 is 0 Å². The van der Waals surface area contributed by atoms with Crippen LogP contribution in [0.4, 0.5) is 11.6 Å². The Balaban J connectivity index is 2.08. The van der Waals surface area contributed by atoms with E-state index in [4.69, 9.17) is 17.3 Å². The molecule has 0 aliphatic heterocycles. The van der Waals surface area contributed by atoms with E-state index < -0.39 is 0 Å². The van der Waals surface area contributed by atoms with Gasteiger partial charge in [0.05, 0.1) is 0 Å². The van der Waals surface area contributed by atoms with Gasteiger partial charge in [-0.15, -0.1) is 0 Å². The van der Waals surface area contributed by atoms with E-state index in [0.29, 0.717) is 12.4 Å². The maximum Gasteiger partial charge on any atom is 0.135 e. The predicted octanol–water partition coefficient (Wildman–Crippen LogP) is 3.45. The third kappa shape index (κ3) is 3.83. The molecule has 0 spiro atoms. The second-order valence-corrected chi connectivity index (χ2v) is 5.11. The summed E-state index contributed by atoms with van der Waals surface area (Å²) < 4.78 is 0. The van der Waals surface area contributed by atoms with Crippen LogP contribution >= 0.6 is 11.6 Å². The van der Waals surface area contributed by atoms with Gasteiger partial charge >= 0.3 is 0 Å². The van der Waals surface area contributed by atoms with Gasteiger partial charge in [0.1, 0.15) is 17.5 Å². The molecule has 0 amide bonds. The molecule has 100 valence electrons. The zero-order chi connectivity index (χ0) is 13.8. The number of hydrogen-bond acceptors (Lipinski definition) is 4. The maximum atomic E-state index is 5.85. The predicted molar refractivity (Wildman–Crippen MR) is 79.3 cm³/mol. The van der Waals surface area contributed by atoms with Gasteiger partial charge in [0, 0.05) is 23.6 Å². The summed E-state index contributed by atoms with van der Waals surface area (Å²) in [6.07, 6.45) is 0. The Bertz CT molecular complexity index is 552. The highest BCUT2D eigenvalue weighted by Crippen LogP contribution is 2.16. The van der Waals surface area contributed by atoms with Gasteiger partial charge in [-0.3, -0.25) is 0 Å². The highest BCUT2D eigenvalue weighted by Gasteiger charge is 2.06. The Morgan fingerprint density at radius 3 is 2.53 bits per heavy atom. The molecule has 0 aliphatic carbocycles.